The number of carbonyl (C=O) groups excluding carboxylic acids is 2. The van der Waals surface area contributed by atoms with Crippen LogP contribution in [0.4, 0.5) is 0 Å². The molecular formula is C23H36N4O2. The number of carbonyl (C=O) groups is 2. The number of aryl methyl sites for hydroxylation is 1. The molecule has 2 amide bonds. The highest BCUT2D eigenvalue weighted by Crippen LogP contribution is 2.21. The van der Waals surface area contributed by atoms with Crippen molar-refractivity contribution in [2.75, 3.05) is 52.4 Å². The molecule has 6 heteroatoms. The van der Waals surface area contributed by atoms with Gasteiger partial charge in [0.2, 0.25) is 11.8 Å². The van der Waals surface area contributed by atoms with Crippen LogP contribution in [0.15, 0.2) is 24.3 Å². The molecule has 160 valence electrons. The highest BCUT2D eigenvalue weighted by molar-refractivity contribution is 5.79. The summed E-state index contributed by atoms with van der Waals surface area (Å²) in [5, 5.41) is 3.01. The molecule has 6 nitrogen and oxygen atoms in total. The molecule has 1 aromatic rings. The van der Waals surface area contributed by atoms with Crippen LogP contribution in [-0.2, 0) is 16.1 Å². The lowest BCUT2D eigenvalue weighted by atomic mass is 9.92. The molecule has 0 saturated carbocycles. The fourth-order valence-corrected chi connectivity index (χ4v) is 4.43. The molecule has 0 aliphatic carbocycles. The summed E-state index contributed by atoms with van der Waals surface area (Å²) >= 11 is 0. The lowest BCUT2D eigenvalue weighted by Gasteiger charge is -2.38. The second kappa shape index (κ2) is 10.2. The highest BCUT2D eigenvalue weighted by Gasteiger charge is 2.27. The summed E-state index contributed by atoms with van der Waals surface area (Å²) in [6, 6.07) is 8.23. The summed E-state index contributed by atoms with van der Waals surface area (Å²) in [7, 11) is 0. The van der Waals surface area contributed by atoms with Gasteiger partial charge in [-0.3, -0.25) is 19.4 Å². The summed E-state index contributed by atoms with van der Waals surface area (Å²) in [4.78, 5) is 31.4. The van der Waals surface area contributed by atoms with Gasteiger partial charge in [-0.2, -0.15) is 0 Å². The fourth-order valence-electron chi connectivity index (χ4n) is 4.43. The van der Waals surface area contributed by atoms with Crippen molar-refractivity contribution in [1.29, 1.82) is 0 Å². The maximum Gasteiger partial charge on any atom is 0.236 e. The number of piperidine rings is 1. The first-order valence-corrected chi connectivity index (χ1v) is 10.9. The number of hydrogen-bond donors (Lipinski definition) is 1. The summed E-state index contributed by atoms with van der Waals surface area (Å²) in [6.45, 7) is 13.2. The van der Waals surface area contributed by atoms with Gasteiger partial charge >= 0.3 is 0 Å². The minimum atomic E-state index is 0.0615. The fraction of sp³-hybridized carbons (Fsp3) is 0.652. The molecule has 2 aliphatic rings. The maximum absolute atomic E-state index is 12.7. The van der Waals surface area contributed by atoms with Crippen LogP contribution in [-0.4, -0.2) is 78.9 Å². The molecule has 1 aromatic carbocycles. The Labute approximate surface area is 175 Å². The number of benzene rings is 1. The standard InChI is InChI=1S/C23H36N4O2/c1-18-4-6-21(7-5-18)13-24-22(28)16-25-8-10-26(11-9-25)17-23(29)27-14-19(2)12-20(3)15-27/h4-7,19-20H,8-17H2,1-3H3,(H,24,28)/t19-,20-/m0/s1. The van der Waals surface area contributed by atoms with Crippen molar-refractivity contribution in [3.05, 3.63) is 35.4 Å². The Morgan fingerprint density at radius 1 is 0.931 bits per heavy atom. The molecule has 0 spiro atoms. The van der Waals surface area contributed by atoms with Crippen molar-refractivity contribution in [3.63, 3.8) is 0 Å². The lowest BCUT2D eigenvalue weighted by molar-refractivity contribution is -0.135. The van der Waals surface area contributed by atoms with Crippen molar-refractivity contribution < 1.29 is 9.59 Å². The zero-order valence-corrected chi connectivity index (χ0v) is 18.2. The van der Waals surface area contributed by atoms with E-state index in [4.69, 9.17) is 0 Å². The van der Waals surface area contributed by atoms with E-state index in [1.807, 2.05) is 4.90 Å². The number of rotatable bonds is 6. The van der Waals surface area contributed by atoms with Gasteiger partial charge in [-0.1, -0.05) is 43.7 Å². The van der Waals surface area contributed by atoms with Crippen LogP contribution in [0.1, 0.15) is 31.4 Å². The Morgan fingerprint density at radius 3 is 2.07 bits per heavy atom. The van der Waals surface area contributed by atoms with Crippen LogP contribution in [0, 0.1) is 18.8 Å². The van der Waals surface area contributed by atoms with E-state index >= 15 is 0 Å². The van der Waals surface area contributed by atoms with Crippen molar-refractivity contribution >= 4 is 11.8 Å². The zero-order valence-electron chi connectivity index (χ0n) is 18.2. The first kappa shape index (κ1) is 21.8. The molecule has 2 fully saturated rings. The minimum absolute atomic E-state index is 0.0615. The zero-order chi connectivity index (χ0) is 20.8. The average molecular weight is 401 g/mol. The van der Waals surface area contributed by atoms with Crippen LogP contribution < -0.4 is 5.32 Å². The van der Waals surface area contributed by atoms with Crippen molar-refractivity contribution in [1.82, 2.24) is 20.0 Å². The highest BCUT2D eigenvalue weighted by atomic mass is 16.2. The van der Waals surface area contributed by atoms with E-state index in [0.29, 0.717) is 31.5 Å². The smallest absolute Gasteiger partial charge is 0.236 e. The number of likely N-dealkylation sites (tertiary alicyclic amines) is 1. The van der Waals surface area contributed by atoms with Gasteiger partial charge in [-0.15, -0.1) is 0 Å². The van der Waals surface area contributed by atoms with Gasteiger partial charge in [0.25, 0.3) is 0 Å². The van der Waals surface area contributed by atoms with Gasteiger partial charge < -0.3 is 10.2 Å². The van der Waals surface area contributed by atoms with Crippen molar-refractivity contribution in [2.24, 2.45) is 11.8 Å². The number of hydrogen-bond acceptors (Lipinski definition) is 4. The normalized spacial score (nSPS) is 23.8. The Hall–Kier alpha value is -1.92. The molecule has 0 aromatic heterocycles. The number of piperazine rings is 1. The lowest BCUT2D eigenvalue weighted by Crippen LogP contribution is -2.53. The maximum atomic E-state index is 12.7. The number of nitrogens with zero attached hydrogens (tertiary/aromatic N) is 3. The second-order valence-corrected chi connectivity index (χ2v) is 9.06. The quantitative estimate of drug-likeness (QED) is 0.790. The van der Waals surface area contributed by atoms with Crippen LogP contribution in [0.25, 0.3) is 0 Å². The second-order valence-electron chi connectivity index (χ2n) is 9.06. The summed E-state index contributed by atoms with van der Waals surface area (Å²) in [5.41, 5.74) is 2.34. The summed E-state index contributed by atoms with van der Waals surface area (Å²) in [6.07, 6.45) is 1.22. The minimum Gasteiger partial charge on any atom is -0.351 e. The Kier molecular flexibility index (Phi) is 7.67. The average Bonchev–Trinajstić information content (AvgIpc) is 2.68. The van der Waals surface area contributed by atoms with Gasteiger partial charge in [0.05, 0.1) is 13.1 Å². The van der Waals surface area contributed by atoms with Gasteiger partial charge in [-0.25, -0.2) is 0 Å². The Bertz CT molecular complexity index is 673. The van der Waals surface area contributed by atoms with Gasteiger partial charge in [0, 0.05) is 45.8 Å². The Morgan fingerprint density at radius 2 is 1.48 bits per heavy atom. The van der Waals surface area contributed by atoms with Crippen molar-refractivity contribution in [3.8, 4) is 0 Å². The van der Waals surface area contributed by atoms with E-state index in [9.17, 15) is 9.59 Å². The van der Waals surface area contributed by atoms with E-state index in [1.54, 1.807) is 0 Å². The predicted octanol–water partition coefficient (Wildman–Crippen LogP) is 1.73. The van der Waals surface area contributed by atoms with Gasteiger partial charge in [0.15, 0.2) is 0 Å². The third kappa shape index (κ3) is 6.82. The summed E-state index contributed by atoms with van der Waals surface area (Å²) in [5.74, 6) is 1.51. The van der Waals surface area contributed by atoms with Crippen molar-refractivity contribution in [2.45, 2.75) is 33.7 Å². The molecule has 1 N–H and O–H groups in total. The number of amides is 2. The van der Waals surface area contributed by atoms with Crippen LogP contribution in [0.5, 0.6) is 0 Å². The first-order chi connectivity index (χ1) is 13.9. The molecule has 3 rings (SSSR count). The van der Waals surface area contributed by atoms with E-state index in [2.05, 4.69) is 60.2 Å². The molecule has 2 heterocycles. The molecular weight excluding hydrogens is 364 g/mol. The van der Waals surface area contributed by atoms with E-state index in [-0.39, 0.29) is 11.8 Å². The molecule has 0 radical (unpaired) electrons. The molecule has 2 aliphatic heterocycles. The van der Waals surface area contributed by atoms with Gasteiger partial charge in [-0.05, 0) is 30.7 Å². The molecule has 0 unspecified atom stereocenters. The van der Waals surface area contributed by atoms with Crippen LogP contribution in [0.2, 0.25) is 0 Å². The Balaban J connectivity index is 1.35. The van der Waals surface area contributed by atoms with E-state index < -0.39 is 0 Å². The van der Waals surface area contributed by atoms with Gasteiger partial charge in [0.1, 0.15) is 0 Å². The summed E-state index contributed by atoms with van der Waals surface area (Å²) < 4.78 is 0. The van der Waals surface area contributed by atoms with E-state index in [1.165, 1.54) is 12.0 Å². The molecule has 0 bridgehead atoms. The van der Waals surface area contributed by atoms with Crippen LogP contribution in [0.3, 0.4) is 0 Å². The first-order valence-electron chi connectivity index (χ1n) is 10.9. The van der Waals surface area contributed by atoms with Crippen LogP contribution >= 0.6 is 0 Å². The predicted molar refractivity (Wildman–Crippen MR) is 115 cm³/mol. The molecule has 29 heavy (non-hydrogen) atoms. The van der Waals surface area contributed by atoms with E-state index in [0.717, 1.165) is 44.8 Å². The third-order valence-corrected chi connectivity index (χ3v) is 6.02. The topological polar surface area (TPSA) is 55.9 Å². The number of nitrogens with one attached hydrogen (secondary N) is 1. The largest absolute Gasteiger partial charge is 0.351 e. The monoisotopic (exact) mass is 400 g/mol. The SMILES string of the molecule is Cc1ccc(CNC(=O)CN2CCN(CC(=O)N3C[C@@H](C)C[C@H](C)C3)CC2)cc1. The third-order valence-electron chi connectivity index (χ3n) is 6.02. The molecule has 2 saturated heterocycles. The molecule has 2 atom stereocenters.